The fourth-order valence-corrected chi connectivity index (χ4v) is 2.85. The number of aromatic nitrogens is 1. The topological polar surface area (TPSA) is 48.4 Å². The van der Waals surface area contributed by atoms with E-state index in [2.05, 4.69) is 4.98 Å². The van der Waals surface area contributed by atoms with Crippen LogP contribution < -0.4 is 0 Å². The lowest BCUT2D eigenvalue weighted by atomic mass is 9.78. The fraction of sp³-hybridized carbons (Fsp3) is 0.529. The van der Waals surface area contributed by atoms with Gasteiger partial charge in [0.05, 0.1) is 11.2 Å². The van der Waals surface area contributed by atoms with Gasteiger partial charge in [0.15, 0.2) is 5.12 Å². The van der Waals surface area contributed by atoms with Crippen LogP contribution in [0.1, 0.15) is 45.9 Å². The molecule has 0 N–H and O–H groups in total. The maximum Gasteiger partial charge on any atom is 0.491 e. The third-order valence-corrected chi connectivity index (χ3v) is 5.31. The van der Waals surface area contributed by atoms with Crippen LogP contribution in [0.2, 0.25) is 0 Å². The zero-order valence-electron chi connectivity index (χ0n) is 15.3. The molecule has 26 heavy (non-hydrogen) atoms. The Bertz CT molecular complexity index is 703. The number of carbonyl (C=O) groups excluding carboxylic acids is 1. The molecule has 142 valence electrons. The Balaban J connectivity index is 2.37. The maximum atomic E-state index is 12.9. The molecule has 1 fully saturated rings. The molecule has 0 saturated carbocycles. The van der Waals surface area contributed by atoms with E-state index in [4.69, 9.17) is 9.31 Å². The number of halogens is 3. The Morgan fingerprint density at radius 3 is 2.35 bits per heavy atom. The molecule has 0 aromatic carbocycles. The molecule has 0 bridgehead atoms. The highest BCUT2D eigenvalue weighted by Gasteiger charge is 2.52. The monoisotopic (exact) mass is 387 g/mol. The number of thioether (sulfide) groups is 1. The van der Waals surface area contributed by atoms with Crippen molar-refractivity contribution >= 4 is 30.1 Å². The number of carbonyl (C=O) groups is 1. The lowest BCUT2D eigenvalue weighted by Crippen LogP contribution is -2.41. The van der Waals surface area contributed by atoms with Crippen molar-refractivity contribution in [3.63, 3.8) is 0 Å². The van der Waals surface area contributed by atoms with Crippen molar-refractivity contribution in [2.75, 3.05) is 5.75 Å². The number of nitrogens with zero attached hydrogens (tertiary/aromatic N) is 1. The Hall–Kier alpha value is -1.32. The quantitative estimate of drug-likeness (QED) is 0.717. The Morgan fingerprint density at radius 2 is 1.85 bits per heavy atom. The minimum Gasteiger partial charge on any atom is -0.400 e. The summed E-state index contributed by atoms with van der Waals surface area (Å²) in [6.07, 6.45) is -1.86. The van der Waals surface area contributed by atoms with E-state index in [1.54, 1.807) is 6.08 Å². The van der Waals surface area contributed by atoms with Crippen LogP contribution in [0.15, 0.2) is 23.8 Å². The van der Waals surface area contributed by atoms with E-state index >= 15 is 0 Å². The number of hydrogen-bond donors (Lipinski definition) is 0. The summed E-state index contributed by atoms with van der Waals surface area (Å²) in [6, 6.07) is 2.43. The predicted molar refractivity (Wildman–Crippen MR) is 96.4 cm³/mol. The van der Waals surface area contributed by atoms with E-state index in [1.807, 2.05) is 27.7 Å². The molecule has 2 heterocycles. The van der Waals surface area contributed by atoms with Crippen LogP contribution in [0, 0.1) is 0 Å². The second kappa shape index (κ2) is 7.36. The smallest absolute Gasteiger partial charge is 0.400 e. The standard InChI is InChI=1S/C17H21BF3NO3S/c1-11(23)26-10-13(18-24-15(2,3)16(4,5)25-18)8-12-6-7-22-14(9-12)17(19,20)21/h6-9H,10H2,1-5H3. The van der Waals surface area contributed by atoms with E-state index < -0.39 is 30.2 Å². The van der Waals surface area contributed by atoms with Crippen LogP contribution in [0.25, 0.3) is 6.08 Å². The molecule has 2 rings (SSSR count). The molecule has 1 aromatic rings. The predicted octanol–water partition coefficient (Wildman–Crippen LogP) is 4.39. The van der Waals surface area contributed by atoms with Crippen molar-refractivity contribution in [3.8, 4) is 0 Å². The fourth-order valence-electron chi connectivity index (χ4n) is 2.26. The summed E-state index contributed by atoms with van der Waals surface area (Å²) in [5.41, 5.74) is -1.25. The van der Waals surface area contributed by atoms with Gasteiger partial charge in [-0.25, -0.2) is 0 Å². The van der Waals surface area contributed by atoms with Gasteiger partial charge >= 0.3 is 13.3 Å². The summed E-state index contributed by atoms with van der Waals surface area (Å²) in [5.74, 6) is 0.260. The van der Waals surface area contributed by atoms with E-state index in [0.717, 1.165) is 24.0 Å². The zero-order chi connectivity index (χ0) is 19.8. The molecule has 1 aliphatic rings. The second-order valence-corrected chi connectivity index (χ2v) is 8.21. The van der Waals surface area contributed by atoms with Crippen LogP contribution >= 0.6 is 11.8 Å². The van der Waals surface area contributed by atoms with E-state index in [0.29, 0.717) is 11.0 Å². The first-order valence-electron chi connectivity index (χ1n) is 8.04. The van der Waals surface area contributed by atoms with Crippen LogP contribution in [0.5, 0.6) is 0 Å². The van der Waals surface area contributed by atoms with Gasteiger partial charge in [-0.2, -0.15) is 13.2 Å². The molecule has 0 radical (unpaired) electrons. The molecule has 1 aromatic heterocycles. The summed E-state index contributed by atoms with van der Waals surface area (Å²) in [6.45, 7) is 8.97. The van der Waals surface area contributed by atoms with Gasteiger partial charge in [-0.3, -0.25) is 9.78 Å². The first-order chi connectivity index (χ1) is 11.8. The molecule has 0 atom stereocenters. The minimum absolute atomic E-state index is 0.0990. The van der Waals surface area contributed by atoms with E-state index in [1.165, 1.54) is 13.0 Å². The molecule has 0 amide bonds. The van der Waals surface area contributed by atoms with Gasteiger partial charge in [-0.1, -0.05) is 17.8 Å². The van der Waals surface area contributed by atoms with Gasteiger partial charge in [-0.05, 0) is 50.9 Å². The number of hydrogen-bond acceptors (Lipinski definition) is 5. The molecule has 0 aliphatic carbocycles. The highest BCUT2D eigenvalue weighted by Crippen LogP contribution is 2.39. The first kappa shape index (κ1) is 21.0. The molecular formula is C17H21BF3NO3S. The summed E-state index contributed by atoms with van der Waals surface area (Å²) in [7, 11) is -0.741. The molecule has 0 spiro atoms. The highest BCUT2D eigenvalue weighted by molar-refractivity contribution is 8.13. The zero-order valence-corrected chi connectivity index (χ0v) is 16.1. The lowest BCUT2D eigenvalue weighted by molar-refractivity contribution is -0.141. The summed E-state index contributed by atoms with van der Waals surface area (Å²) >= 11 is 1.05. The number of pyridine rings is 1. The molecule has 1 saturated heterocycles. The van der Waals surface area contributed by atoms with Crippen molar-refractivity contribution in [2.45, 2.75) is 52.0 Å². The number of alkyl halides is 3. The van der Waals surface area contributed by atoms with Crippen molar-refractivity contribution in [3.05, 3.63) is 35.1 Å². The third-order valence-electron chi connectivity index (χ3n) is 4.42. The molecule has 0 unspecified atom stereocenters. The SMILES string of the molecule is CC(=O)SCC(=Cc1ccnc(C(F)(F)F)c1)B1OC(C)(C)C(C)(C)O1. The summed E-state index contributed by atoms with van der Waals surface area (Å²) < 4.78 is 50.6. The van der Waals surface area contributed by atoms with Gasteiger partial charge in [0.2, 0.25) is 0 Å². The second-order valence-electron chi connectivity index (χ2n) is 7.06. The van der Waals surface area contributed by atoms with Crippen LogP contribution in [-0.2, 0) is 20.3 Å². The average molecular weight is 387 g/mol. The first-order valence-corrected chi connectivity index (χ1v) is 9.03. The van der Waals surface area contributed by atoms with E-state index in [9.17, 15) is 18.0 Å². The van der Waals surface area contributed by atoms with Crippen molar-refractivity contribution in [1.82, 2.24) is 4.98 Å². The van der Waals surface area contributed by atoms with Crippen LogP contribution in [-0.4, -0.2) is 34.2 Å². The Kier molecular flexibility index (Phi) is 5.94. The maximum absolute atomic E-state index is 12.9. The summed E-state index contributed by atoms with van der Waals surface area (Å²) in [5, 5.41) is -0.0990. The van der Waals surface area contributed by atoms with E-state index in [-0.39, 0.29) is 10.9 Å². The van der Waals surface area contributed by atoms with Crippen molar-refractivity contribution in [2.24, 2.45) is 0 Å². The normalized spacial score (nSPS) is 19.7. The van der Waals surface area contributed by atoms with Gasteiger partial charge in [0, 0.05) is 18.9 Å². The van der Waals surface area contributed by atoms with Crippen molar-refractivity contribution < 1.29 is 27.3 Å². The average Bonchev–Trinajstić information content (AvgIpc) is 2.71. The highest BCUT2D eigenvalue weighted by atomic mass is 32.2. The Morgan fingerprint density at radius 1 is 1.27 bits per heavy atom. The lowest BCUT2D eigenvalue weighted by Gasteiger charge is -2.32. The van der Waals surface area contributed by atoms with Gasteiger partial charge < -0.3 is 9.31 Å². The van der Waals surface area contributed by atoms with Gasteiger partial charge in [-0.15, -0.1) is 0 Å². The van der Waals surface area contributed by atoms with Crippen LogP contribution in [0.3, 0.4) is 0 Å². The van der Waals surface area contributed by atoms with Crippen molar-refractivity contribution in [1.29, 1.82) is 0 Å². The molecule has 9 heteroatoms. The van der Waals surface area contributed by atoms with Gasteiger partial charge in [0.25, 0.3) is 0 Å². The molecule has 4 nitrogen and oxygen atoms in total. The molecular weight excluding hydrogens is 366 g/mol. The minimum atomic E-state index is -4.53. The largest absolute Gasteiger partial charge is 0.491 e. The molecule has 1 aliphatic heterocycles. The van der Waals surface area contributed by atoms with Crippen LogP contribution in [0.4, 0.5) is 13.2 Å². The Labute approximate surface area is 155 Å². The summed E-state index contributed by atoms with van der Waals surface area (Å²) in [4.78, 5) is 14.7. The van der Waals surface area contributed by atoms with Gasteiger partial charge in [0.1, 0.15) is 5.69 Å². The number of rotatable bonds is 4. The third kappa shape index (κ3) is 4.89.